The zero-order chi connectivity index (χ0) is 10.8. The predicted molar refractivity (Wildman–Crippen MR) is 54.9 cm³/mol. The maximum Gasteiger partial charge on any atom is 0.325 e. The van der Waals surface area contributed by atoms with Crippen LogP contribution in [-0.2, 0) is 9.53 Å². The quantitative estimate of drug-likeness (QED) is 0.654. The molecule has 0 spiro atoms. The number of carbonyl (C=O) groups excluding carboxylic acids is 1. The van der Waals surface area contributed by atoms with Crippen molar-refractivity contribution in [2.24, 2.45) is 5.73 Å². The highest BCUT2D eigenvalue weighted by Crippen LogP contribution is 2.21. The van der Waals surface area contributed by atoms with Crippen molar-refractivity contribution in [3.05, 3.63) is 0 Å². The molecule has 4 heteroatoms. The number of carbonyl (C=O) groups is 1. The number of esters is 1. The van der Waals surface area contributed by atoms with E-state index in [2.05, 4.69) is 4.90 Å². The summed E-state index contributed by atoms with van der Waals surface area (Å²) in [7, 11) is 1.43. The summed E-state index contributed by atoms with van der Waals surface area (Å²) in [6.45, 7) is 5.55. The number of hydrogen-bond acceptors (Lipinski definition) is 4. The van der Waals surface area contributed by atoms with Crippen LogP contribution < -0.4 is 5.73 Å². The number of nitrogens with two attached hydrogens (primary N) is 1. The fourth-order valence-corrected chi connectivity index (χ4v) is 1.84. The lowest BCUT2D eigenvalue weighted by atomic mass is 9.97. The molecule has 1 fully saturated rings. The molecule has 4 nitrogen and oxygen atoms in total. The van der Waals surface area contributed by atoms with Crippen molar-refractivity contribution in [3.63, 3.8) is 0 Å². The minimum absolute atomic E-state index is 0.173. The molecule has 0 amide bonds. The summed E-state index contributed by atoms with van der Waals surface area (Å²) < 4.78 is 4.78. The lowest BCUT2D eigenvalue weighted by Gasteiger charge is -2.40. The summed E-state index contributed by atoms with van der Waals surface area (Å²) in [4.78, 5) is 13.7. The number of methoxy groups -OCH3 is 1. The molecule has 0 aliphatic carbocycles. The van der Waals surface area contributed by atoms with Crippen molar-refractivity contribution in [1.82, 2.24) is 4.90 Å². The van der Waals surface area contributed by atoms with Crippen molar-refractivity contribution >= 4 is 5.97 Å². The molecule has 1 saturated heterocycles. The van der Waals surface area contributed by atoms with Gasteiger partial charge in [-0.15, -0.1) is 0 Å². The van der Waals surface area contributed by atoms with Crippen molar-refractivity contribution in [3.8, 4) is 0 Å². The Morgan fingerprint density at radius 3 is 2.36 bits per heavy atom. The third kappa shape index (κ3) is 2.25. The van der Waals surface area contributed by atoms with Crippen LogP contribution in [0.5, 0.6) is 0 Å². The van der Waals surface area contributed by atoms with Gasteiger partial charge in [-0.05, 0) is 26.7 Å². The molecule has 1 rings (SSSR count). The van der Waals surface area contributed by atoms with Crippen LogP contribution >= 0.6 is 0 Å². The highest BCUT2D eigenvalue weighted by atomic mass is 16.5. The van der Waals surface area contributed by atoms with Gasteiger partial charge in [0.05, 0.1) is 7.11 Å². The molecule has 0 bridgehead atoms. The molecule has 0 radical (unpaired) electrons. The standard InChI is InChI=1S/C10H20N2O2/c1-10(2,9(13)14-3)12-6-4-8(11)5-7-12/h8H,4-7,11H2,1-3H3. The fraction of sp³-hybridized carbons (Fsp3) is 0.900. The molecule has 1 aliphatic rings. The highest BCUT2D eigenvalue weighted by molar-refractivity contribution is 5.79. The Kier molecular flexibility index (Phi) is 3.50. The summed E-state index contributed by atoms with van der Waals surface area (Å²) in [6.07, 6.45) is 1.92. The Labute approximate surface area is 85.4 Å². The largest absolute Gasteiger partial charge is 0.468 e. The first-order valence-electron chi connectivity index (χ1n) is 5.07. The number of ether oxygens (including phenoxy) is 1. The SMILES string of the molecule is COC(=O)C(C)(C)N1CCC(N)CC1. The molecule has 82 valence electrons. The van der Waals surface area contributed by atoms with Crippen molar-refractivity contribution in [2.75, 3.05) is 20.2 Å². The molecule has 0 aromatic carbocycles. The van der Waals surface area contributed by atoms with Gasteiger partial charge in [0.15, 0.2) is 0 Å². The van der Waals surface area contributed by atoms with Crippen LogP contribution in [-0.4, -0.2) is 42.6 Å². The van der Waals surface area contributed by atoms with Gasteiger partial charge in [-0.25, -0.2) is 0 Å². The minimum Gasteiger partial charge on any atom is -0.468 e. The second kappa shape index (κ2) is 4.28. The van der Waals surface area contributed by atoms with Crippen LogP contribution in [0.3, 0.4) is 0 Å². The van der Waals surface area contributed by atoms with Crippen molar-refractivity contribution < 1.29 is 9.53 Å². The normalized spacial score (nSPS) is 20.9. The topological polar surface area (TPSA) is 55.6 Å². The summed E-state index contributed by atoms with van der Waals surface area (Å²) in [5, 5.41) is 0. The van der Waals surface area contributed by atoms with Crippen molar-refractivity contribution in [2.45, 2.75) is 38.3 Å². The third-order valence-corrected chi connectivity index (χ3v) is 3.02. The van der Waals surface area contributed by atoms with Gasteiger partial charge in [-0.2, -0.15) is 0 Å². The number of likely N-dealkylation sites (tertiary alicyclic amines) is 1. The zero-order valence-corrected chi connectivity index (χ0v) is 9.25. The Bertz CT molecular complexity index is 208. The van der Waals surface area contributed by atoms with Gasteiger partial charge >= 0.3 is 5.97 Å². The van der Waals surface area contributed by atoms with Crippen LogP contribution in [0, 0.1) is 0 Å². The van der Waals surface area contributed by atoms with Gasteiger partial charge in [0, 0.05) is 19.1 Å². The Hall–Kier alpha value is -0.610. The molecule has 0 saturated carbocycles. The third-order valence-electron chi connectivity index (χ3n) is 3.02. The number of hydrogen-bond donors (Lipinski definition) is 1. The van der Waals surface area contributed by atoms with Crippen LogP contribution in [0.15, 0.2) is 0 Å². The molecule has 1 aliphatic heterocycles. The molecule has 1 heterocycles. The number of rotatable bonds is 2. The summed E-state index contributed by atoms with van der Waals surface area (Å²) in [5.74, 6) is -0.173. The van der Waals surface area contributed by atoms with E-state index < -0.39 is 5.54 Å². The van der Waals surface area contributed by atoms with E-state index >= 15 is 0 Å². The van der Waals surface area contributed by atoms with Crippen LogP contribution in [0.1, 0.15) is 26.7 Å². The average Bonchev–Trinajstić information content (AvgIpc) is 2.17. The fourth-order valence-electron chi connectivity index (χ4n) is 1.84. The highest BCUT2D eigenvalue weighted by Gasteiger charge is 2.37. The molecule has 2 N–H and O–H groups in total. The lowest BCUT2D eigenvalue weighted by Crippen LogP contribution is -2.55. The lowest BCUT2D eigenvalue weighted by molar-refractivity contribution is -0.153. The molecule has 0 unspecified atom stereocenters. The number of nitrogens with zero attached hydrogens (tertiary/aromatic N) is 1. The Morgan fingerprint density at radius 2 is 1.93 bits per heavy atom. The molecular weight excluding hydrogens is 180 g/mol. The molecular formula is C10H20N2O2. The Balaban J connectivity index is 2.59. The molecule has 0 atom stereocenters. The maximum atomic E-state index is 11.5. The smallest absolute Gasteiger partial charge is 0.325 e. The van der Waals surface area contributed by atoms with E-state index in [1.165, 1.54) is 7.11 Å². The van der Waals surface area contributed by atoms with Gasteiger partial charge < -0.3 is 10.5 Å². The van der Waals surface area contributed by atoms with Gasteiger partial charge in [0.2, 0.25) is 0 Å². The molecule has 14 heavy (non-hydrogen) atoms. The van der Waals surface area contributed by atoms with E-state index in [1.807, 2.05) is 13.8 Å². The first-order chi connectivity index (χ1) is 6.48. The number of piperidine rings is 1. The average molecular weight is 200 g/mol. The zero-order valence-electron chi connectivity index (χ0n) is 9.25. The Morgan fingerprint density at radius 1 is 1.43 bits per heavy atom. The minimum atomic E-state index is -0.519. The monoisotopic (exact) mass is 200 g/mol. The first-order valence-corrected chi connectivity index (χ1v) is 5.07. The van der Waals surface area contributed by atoms with Crippen LogP contribution in [0.25, 0.3) is 0 Å². The molecule has 0 aromatic rings. The van der Waals surface area contributed by atoms with Gasteiger partial charge in [-0.1, -0.05) is 0 Å². The van der Waals surface area contributed by atoms with Gasteiger partial charge in [0.25, 0.3) is 0 Å². The van der Waals surface area contributed by atoms with E-state index in [1.54, 1.807) is 0 Å². The first kappa shape index (κ1) is 11.5. The molecule has 0 aromatic heterocycles. The van der Waals surface area contributed by atoms with Gasteiger partial charge in [0.1, 0.15) is 5.54 Å². The van der Waals surface area contributed by atoms with Crippen LogP contribution in [0.4, 0.5) is 0 Å². The summed E-state index contributed by atoms with van der Waals surface area (Å²) in [6, 6.07) is 0.291. The predicted octanol–water partition coefficient (Wildman–Crippen LogP) is 0.361. The second-order valence-electron chi connectivity index (χ2n) is 4.38. The van der Waals surface area contributed by atoms with E-state index in [9.17, 15) is 4.79 Å². The summed E-state index contributed by atoms with van der Waals surface area (Å²) in [5.41, 5.74) is 5.29. The second-order valence-corrected chi connectivity index (χ2v) is 4.38. The van der Waals surface area contributed by atoms with E-state index in [4.69, 9.17) is 10.5 Å². The summed E-state index contributed by atoms with van der Waals surface area (Å²) >= 11 is 0. The van der Waals surface area contributed by atoms with Crippen LogP contribution in [0.2, 0.25) is 0 Å². The van der Waals surface area contributed by atoms with E-state index in [-0.39, 0.29) is 5.97 Å². The van der Waals surface area contributed by atoms with E-state index in [0.717, 1.165) is 25.9 Å². The van der Waals surface area contributed by atoms with E-state index in [0.29, 0.717) is 6.04 Å². The van der Waals surface area contributed by atoms with Gasteiger partial charge in [-0.3, -0.25) is 9.69 Å². The maximum absolute atomic E-state index is 11.5. The van der Waals surface area contributed by atoms with Crippen molar-refractivity contribution in [1.29, 1.82) is 0 Å².